The predicted octanol–water partition coefficient (Wildman–Crippen LogP) is 3.50. The summed E-state index contributed by atoms with van der Waals surface area (Å²) in [6.45, 7) is 8.34. The van der Waals surface area contributed by atoms with Gasteiger partial charge in [-0.05, 0) is 39.0 Å². The van der Waals surface area contributed by atoms with Gasteiger partial charge in [0.05, 0.1) is 6.54 Å². The van der Waals surface area contributed by atoms with E-state index in [0.29, 0.717) is 19.7 Å². The van der Waals surface area contributed by atoms with E-state index in [1.54, 1.807) is 6.20 Å². The summed E-state index contributed by atoms with van der Waals surface area (Å²) in [5.74, 6) is 0.825. The van der Waals surface area contributed by atoms with Crippen LogP contribution in [0, 0.1) is 0 Å². The van der Waals surface area contributed by atoms with Gasteiger partial charge >= 0.3 is 0 Å². The fourth-order valence-corrected chi connectivity index (χ4v) is 2.11. The molecule has 2 rings (SSSR count). The molecule has 0 unspecified atom stereocenters. The van der Waals surface area contributed by atoms with Crippen LogP contribution in [0.3, 0.4) is 0 Å². The topological polar surface area (TPSA) is 39.1 Å². The van der Waals surface area contributed by atoms with Crippen molar-refractivity contribution in [3.05, 3.63) is 47.2 Å². The number of aromatic nitrogens is 2. The van der Waals surface area contributed by atoms with Crippen molar-refractivity contribution in [3.8, 4) is 5.75 Å². The van der Waals surface area contributed by atoms with E-state index < -0.39 is 0 Å². The van der Waals surface area contributed by atoms with Gasteiger partial charge in [0.2, 0.25) is 0 Å². The molecule has 0 saturated carbocycles. The number of rotatable bonds is 6. The van der Waals surface area contributed by atoms with Crippen LogP contribution >= 0.6 is 11.6 Å². The Balaban J connectivity index is 1.99. The van der Waals surface area contributed by atoms with Crippen LogP contribution in [0.5, 0.6) is 5.75 Å². The number of ether oxygens (including phenoxy) is 1. The molecule has 0 atom stereocenters. The third kappa shape index (κ3) is 5.06. The maximum Gasteiger partial charge on any atom is 0.125 e. The Morgan fingerprint density at radius 1 is 1.29 bits per heavy atom. The van der Waals surface area contributed by atoms with E-state index in [2.05, 4.69) is 31.2 Å². The van der Waals surface area contributed by atoms with Crippen molar-refractivity contribution in [2.75, 3.05) is 6.61 Å². The van der Waals surface area contributed by atoms with E-state index in [1.165, 1.54) is 0 Å². The van der Waals surface area contributed by atoms with Crippen LogP contribution in [0.2, 0.25) is 5.02 Å². The number of hydrogen-bond donors (Lipinski definition) is 1. The smallest absolute Gasteiger partial charge is 0.125 e. The predicted molar refractivity (Wildman–Crippen MR) is 85.8 cm³/mol. The lowest BCUT2D eigenvalue weighted by molar-refractivity contribution is 0.286. The SMILES string of the molecule is CC(C)(C)NCc1c(Cl)cccc1OCCn1cccn1. The normalized spacial score (nSPS) is 11.6. The summed E-state index contributed by atoms with van der Waals surface area (Å²) in [5.41, 5.74) is 1.03. The fourth-order valence-electron chi connectivity index (χ4n) is 1.88. The second-order valence-electron chi connectivity index (χ2n) is 5.94. The summed E-state index contributed by atoms with van der Waals surface area (Å²) in [5, 5.41) is 8.32. The van der Waals surface area contributed by atoms with E-state index in [-0.39, 0.29) is 5.54 Å². The minimum Gasteiger partial charge on any atom is -0.491 e. The second-order valence-corrected chi connectivity index (χ2v) is 6.34. The molecule has 1 aromatic heterocycles. The summed E-state index contributed by atoms with van der Waals surface area (Å²) in [4.78, 5) is 0. The second kappa shape index (κ2) is 6.96. The lowest BCUT2D eigenvalue weighted by Gasteiger charge is -2.22. The number of nitrogens with zero attached hydrogens (tertiary/aromatic N) is 2. The first-order chi connectivity index (χ1) is 9.96. The van der Waals surface area contributed by atoms with Crippen LogP contribution < -0.4 is 10.1 Å². The van der Waals surface area contributed by atoms with Crippen molar-refractivity contribution < 1.29 is 4.74 Å². The van der Waals surface area contributed by atoms with Crippen molar-refractivity contribution in [1.29, 1.82) is 0 Å². The molecular formula is C16H22ClN3O. The molecule has 114 valence electrons. The number of halogens is 1. The molecule has 0 fully saturated rings. The van der Waals surface area contributed by atoms with Crippen LogP contribution in [0.4, 0.5) is 0 Å². The van der Waals surface area contributed by atoms with Gasteiger partial charge in [-0.25, -0.2) is 0 Å². The summed E-state index contributed by atoms with van der Waals surface area (Å²) >= 11 is 6.30. The van der Waals surface area contributed by atoms with Crippen LogP contribution in [-0.2, 0) is 13.1 Å². The van der Waals surface area contributed by atoms with Crippen LogP contribution in [0.15, 0.2) is 36.7 Å². The summed E-state index contributed by atoms with van der Waals surface area (Å²) in [6.07, 6.45) is 3.68. The Hall–Kier alpha value is -1.52. The lowest BCUT2D eigenvalue weighted by atomic mass is 10.1. The molecule has 1 N–H and O–H groups in total. The maximum absolute atomic E-state index is 6.30. The average Bonchev–Trinajstić information content (AvgIpc) is 2.90. The van der Waals surface area contributed by atoms with E-state index >= 15 is 0 Å². The Morgan fingerprint density at radius 3 is 2.76 bits per heavy atom. The highest BCUT2D eigenvalue weighted by Crippen LogP contribution is 2.27. The first kappa shape index (κ1) is 15.9. The minimum absolute atomic E-state index is 0.0332. The highest BCUT2D eigenvalue weighted by Gasteiger charge is 2.13. The summed E-state index contributed by atoms with van der Waals surface area (Å²) < 4.78 is 7.72. The molecule has 0 aliphatic rings. The first-order valence-corrected chi connectivity index (χ1v) is 7.46. The van der Waals surface area contributed by atoms with Crippen molar-refractivity contribution in [1.82, 2.24) is 15.1 Å². The molecule has 4 nitrogen and oxygen atoms in total. The Morgan fingerprint density at radius 2 is 2.10 bits per heavy atom. The minimum atomic E-state index is 0.0332. The number of nitrogens with one attached hydrogen (secondary N) is 1. The van der Waals surface area contributed by atoms with Gasteiger partial charge in [-0.2, -0.15) is 5.10 Å². The van der Waals surface area contributed by atoms with Gasteiger partial charge in [-0.1, -0.05) is 17.7 Å². The third-order valence-corrected chi connectivity index (χ3v) is 3.36. The molecule has 1 heterocycles. The quantitative estimate of drug-likeness (QED) is 0.887. The molecule has 1 aromatic carbocycles. The fraction of sp³-hybridized carbons (Fsp3) is 0.438. The molecule has 0 radical (unpaired) electrons. The highest BCUT2D eigenvalue weighted by atomic mass is 35.5. The van der Waals surface area contributed by atoms with Gasteiger partial charge in [0, 0.05) is 35.1 Å². The Kier molecular flexibility index (Phi) is 5.26. The van der Waals surface area contributed by atoms with Gasteiger partial charge in [-0.3, -0.25) is 4.68 Å². The largest absolute Gasteiger partial charge is 0.491 e. The van der Waals surface area contributed by atoms with Crippen molar-refractivity contribution >= 4 is 11.6 Å². The van der Waals surface area contributed by atoms with Crippen LogP contribution in [0.1, 0.15) is 26.3 Å². The lowest BCUT2D eigenvalue weighted by Crippen LogP contribution is -2.35. The zero-order valence-electron chi connectivity index (χ0n) is 12.8. The Bertz CT molecular complexity index is 561. The molecule has 0 spiro atoms. The van der Waals surface area contributed by atoms with Crippen molar-refractivity contribution in [2.45, 2.75) is 39.4 Å². The molecule has 0 saturated heterocycles. The standard InChI is InChI=1S/C16H22ClN3O/c1-16(2,3)18-12-13-14(17)6-4-7-15(13)21-11-10-20-9-5-8-19-20/h4-9,18H,10-12H2,1-3H3. The van der Waals surface area contributed by atoms with E-state index in [0.717, 1.165) is 16.3 Å². The molecule has 21 heavy (non-hydrogen) atoms. The number of hydrogen-bond acceptors (Lipinski definition) is 3. The zero-order chi connectivity index (χ0) is 15.3. The molecule has 2 aromatic rings. The average molecular weight is 308 g/mol. The van der Waals surface area contributed by atoms with Crippen LogP contribution in [-0.4, -0.2) is 21.9 Å². The Labute approximate surface area is 131 Å². The molecule has 5 heteroatoms. The van der Waals surface area contributed by atoms with Crippen molar-refractivity contribution in [3.63, 3.8) is 0 Å². The first-order valence-electron chi connectivity index (χ1n) is 7.08. The van der Waals surface area contributed by atoms with Crippen LogP contribution in [0.25, 0.3) is 0 Å². The van der Waals surface area contributed by atoms with E-state index in [1.807, 2.05) is 35.1 Å². The zero-order valence-corrected chi connectivity index (χ0v) is 13.5. The van der Waals surface area contributed by atoms with Crippen molar-refractivity contribution in [2.24, 2.45) is 0 Å². The molecule has 0 aliphatic heterocycles. The van der Waals surface area contributed by atoms with Gasteiger partial charge in [0.25, 0.3) is 0 Å². The number of benzene rings is 1. The van der Waals surface area contributed by atoms with Gasteiger partial charge in [-0.15, -0.1) is 0 Å². The molecular weight excluding hydrogens is 286 g/mol. The summed E-state index contributed by atoms with van der Waals surface area (Å²) in [6, 6.07) is 7.65. The monoisotopic (exact) mass is 307 g/mol. The third-order valence-electron chi connectivity index (χ3n) is 3.01. The highest BCUT2D eigenvalue weighted by molar-refractivity contribution is 6.31. The van der Waals surface area contributed by atoms with E-state index in [9.17, 15) is 0 Å². The summed E-state index contributed by atoms with van der Waals surface area (Å²) in [7, 11) is 0. The van der Waals surface area contributed by atoms with E-state index in [4.69, 9.17) is 16.3 Å². The molecule has 0 aliphatic carbocycles. The maximum atomic E-state index is 6.30. The van der Waals surface area contributed by atoms with Gasteiger partial charge < -0.3 is 10.1 Å². The van der Waals surface area contributed by atoms with Gasteiger partial charge in [0.1, 0.15) is 12.4 Å². The molecule has 0 bridgehead atoms. The van der Waals surface area contributed by atoms with Gasteiger partial charge in [0.15, 0.2) is 0 Å². The molecule has 0 amide bonds.